The monoisotopic (exact) mass is 327 g/mol. The fraction of sp³-hybridized carbons (Fsp3) is 0.500. The van der Waals surface area contributed by atoms with Crippen LogP contribution in [0.5, 0.6) is 0 Å². The molecule has 1 aromatic rings. The molecule has 2 atom stereocenters. The third-order valence-corrected chi connectivity index (χ3v) is 4.79. The molecule has 2 rings (SSSR count). The van der Waals surface area contributed by atoms with E-state index in [2.05, 4.69) is 40.3 Å². The van der Waals surface area contributed by atoms with Gasteiger partial charge in [0.05, 0.1) is 5.25 Å². The average Bonchev–Trinajstić information content (AvgIpc) is 2.78. The second kappa shape index (κ2) is 6.62. The average molecular weight is 328 g/mol. The van der Waals surface area contributed by atoms with Crippen molar-refractivity contribution >= 4 is 33.6 Å². The summed E-state index contributed by atoms with van der Waals surface area (Å²) in [6.45, 7) is 2.91. The summed E-state index contributed by atoms with van der Waals surface area (Å²) in [7, 11) is 0. The van der Waals surface area contributed by atoms with Crippen LogP contribution in [0.25, 0.3) is 0 Å². The van der Waals surface area contributed by atoms with E-state index in [0.717, 1.165) is 25.8 Å². The van der Waals surface area contributed by atoms with Crippen LogP contribution in [0.3, 0.4) is 0 Å². The van der Waals surface area contributed by atoms with Gasteiger partial charge in [0.25, 0.3) is 0 Å². The fourth-order valence-electron chi connectivity index (χ4n) is 2.04. The van der Waals surface area contributed by atoms with Crippen molar-refractivity contribution in [3.63, 3.8) is 0 Å². The Kier molecular flexibility index (Phi) is 5.13. The Morgan fingerprint density at radius 1 is 1.56 bits per heavy atom. The number of carbonyl (C=O) groups excluding carboxylic acids is 1. The maximum atomic E-state index is 12.0. The van der Waals surface area contributed by atoms with Crippen LogP contribution in [-0.4, -0.2) is 22.5 Å². The van der Waals surface area contributed by atoms with Crippen molar-refractivity contribution in [2.75, 3.05) is 6.54 Å². The third kappa shape index (κ3) is 3.75. The van der Waals surface area contributed by atoms with Gasteiger partial charge in [-0.25, -0.2) is 0 Å². The molecule has 2 unspecified atom stereocenters. The van der Waals surface area contributed by atoms with Gasteiger partial charge in [0.15, 0.2) is 0 Å². The number of thioether (sulfide) groups is 1. The summed E-state index contributed by atoms with van der Waals surface area (Å²) < 4.78 is 0. The lowest BCUT2D eigenvalue weighted by Crippen LogP contribution is -2.33. The van der Waals surface area contributed by atoms with Crippen molar-refractivity contribution in [1.82, 2.24) is 5.32 Å². The molecule has 1 heterocycles. The highest BCUT2D eigenvalue weighted by molar-refractivity contribution is 9.09. The second-order valence-electron chi connectivity index (χ2n) is 4.63. The van der Waals surface area contributed by atoms with Crippen LogP contribution in [0.4, 0.5) is 0 Å². The van der Waals surface area contributed by atoms with Crippen LogP contribution in [0.1, 0.15) is 25.3 Å². The molecule has 0 bridgehead atoms. The van der Waals surface area contributed by atoms with Gasteiger partial charge in [-0.15, -0.1) is 11.8 Å². The topological polar surface area (TPSA) is 29.1 Å². The maximum absolute atomic E-state index is 12.0. The first kappa shape index (κ1) is 13.9. The Balaban J connectivity index is 1.76. The van der Waals surface area contributed by atoms with E-state index >= 15 is 0 Å². The molecular formula is C14H18BrNOS. The van der Waals surface area contributed by atoms with E-state index in [1.54, 1.807) is 11.8 Å². The highest BCUT2D eigenvalue weighted by atomic mass is 79.9. The van der Waals surface area contributed by atoms with E-state index in [4.69, 9.17) is 0 Å². The first-order valence-electron chi connectivity index (χ1n) is 6.33. The van der Waals surface area contributed by atoms with Gasteiger partial charge < -0.3 is 5.32 Å². The maximum Gasteiger partial charge on any atom is 0.233 e. The van der Waals surface area contributed by atoms with Gasteiger partial charge in [0.2, 0.25) is 5.91 Å². The van der Waals surface area contributed by atoms with Gasteiger partial charge >= 0.3 is 0 Å². The highest BCUT2D eigenvalue weighted by Gasteiger charge is 2.27. The Labute approximate surface area is 121 Å². The molecule has 0 saturated carbocycles. The zero-order chi connectivity index (χ0) is 13.0. The van der Waals surface area contributed by atoms with E-state index in [9.17, 15) is 4.79 Å². The van der Waals surface area contributed by atoms with Crippen LogP contribution in [-0.2, 0) is 11.2 Å². The van der Waals surface area contributed by atoms with Crippen LogP contribution in [0, 0.1) is 0 Å². The molecule has 4 heteroatoms. The van der Waals surface area contributed by atoms with E-state index < -0.39 is 0 Å². The summed E-state index contributed by atoms with van der Waals surface area (Å²) in [5.41, 5.74) is 1.30. The number of fused-ring (bicyclic) bond motifs is 1. The number of rotatable bonds is 5. The lowest BCUT2D eigenvalue weighted by atomic mass is 10.1. The highest BCUT2D eigenvalue weighted by Crippen LogP contribution is 2.36. The summed E-state index contributed by atoms with van der Waals surface area (Å²) >= 11 is 5.20. The van der Waals surface area contributed by atoms with E-state index in [-0.39, 0.29) is 11.2 Å². The van der Waals surface area contributed by atoms with Gasteiger partial charge in [-0.1, -0.05) is 41.1 Å². The molecule has 98 valence electrons. The summed E-state index contributed by atoms with van der Waals surface area (Å²) in [5.74, 6) is 0.179. The molecule has 0 aromatic heterocycles. The summed E-state index contributed by atoms with van der Waals surface area (Å²) in [6.07, 6.45) is 2.99. The number of hydrogen-bond acceptors (Lipinski definition) is 2. The van der Waals surface area contributed by atoms with Crippen molar-refractivity contribution in [3.8, 4) is 0 Å². The SMILES string of the molecule is CC(Br)CCCNC(=O)C1Cc2ccccc2S1. The standard InChI is InChI=1S/C14H18BrNOS/c1-10(15)5-4-8-16-14(17)13-9-11-6-2-3-7-12(11)18-13/h2-3,6-7,10,13H,4-5,8-9H2,1H3,(H,16,17). The summed E-state index contributed by atoms with van der Waals surface area (Å²) in [5, 5.41) is 3.09. The van der Waals surface area contributed by atoms with Crippen LogP contribution in [0.15, 0.2) is 29.2 Å². The number of hydrogen-bond donors (Lipinski definition) is 1. The van der Waals surface area contributed by atoms with Crippen LogP contribution in [0.2, 0.25) is 0 Å². The number of amides is 1. The largest absolute Gasteiger partial charge is 0.355 e. The molecule has 1 amide bonds. The molecule has 0 fully saturated rings. The predicted molar refractivity (Wildman–Crippen MR) is 80.4 cm³/mol. The Bertz CT molecular complexity index is 397. The molecular weight excluding hydrogens is 310 g/mol. The van der Waals surface area contributed by atoms with Crippen molar-refractivity contribution in [2.24, 2.45) is 0 Å². The van der Waals surface area contributed by atoms with Gasteiger partial charge in [0, 0.05) is 16.3 Å². The second-order valence-corrected chi connectivity index (χ2v) is 7.44. The fourth-order valence-corrected chi connectivity index (χ4v) is 3.58. The number of nitrogens with one attached hydrogen (secondary N) is 1. The molecule has 0 spiro atoms. The number of halogens is 1. The van der Waals surface area contributed by atoms with Crippen LogP contribution < -0.4 is 5.32 Å². The summed E-state index contributed by atoms with van der Waals surface area (Å²) in [4.78, 5) is 13.8. The molecule has 1 N–H and O–H groups in total. The van der Waals surface area contributed by atoms with Crippen molar-refractivity contribution in [3.05, 3.63) is 29.8 Å². The first-order chi connectivity index (χ1) is 8.66. The van der Waals surface area contributed by atoms with Gasteiger partial charge in [-0.05, 0) is 30.9 Å². The van der Waals surface area contributed by atoms with E-state index in [1.807, 2.05) is 12.1 Å². The van der Waals surface area contributed by atoms with Crippen molar-refractivity contribution in [1.29, 1.82) is 0 Å². The lowest BCUT2D eigenvalue weighted by Gasteiger charge is -2.10. The van der Waals surface area contributed by atoms with Gasteiger partial charge in [-0.2, -0.15) is 0 Å². The molecule has 1 aliphatic rings. The van der Waals surface area contributed by atoms with Crippen molar-refractivity contribution in [2.45, 2.75) is 41.2 Å². The normalized spacial score (nSPS) is 19.3. The number of benzene rings is 1. The molecule has 0 radical (unpaired) electrons. The van der Waals surface area contributed by atoms with Crippen molar-refractivity contribution < 1.29 is 4.79 Å². The lowest BCUT2D eigenvalue weighted by molar-refractivity contribution is -0.120. The minimum absolute atomic E-state index is 0.0591. The molecule has 2 nitrogen and oxygen atoms in total. The summed E-state index contributed by atoms with van der Waals surface area (Å²) in [6, 6.07) is 8.28. The Morgan fingerprint density at radius 3 is 3.06 bits per heavy atom. The third-order valence-electron chi connectivity index (χ3n) is 3.02. The zero-order valence-corrected chi connectivity index (χ0v) is 12.9. The van der Waals surface area contributed by atoms with E-state index in [1.165, 1.54) is 10.5 Å². The Hall–Kier alpha value is -0.480. The minimum atomic E-state index is 0.0591. The molecule has 0 aliphatic carbocycles. The van der Waals surface area contributed by atoms with Gasteiger partial charge in [0.1, 0.15) is 0 Å². The smallest absolute Gasteiger partial charge is 0.233 e. The zero-order valence-electron chi connectivity index (χ0n) is 10.5. The molecule has 0 saturated heterocycles. The van der Waals surface area contributed by atoms with Crippen LogP contribution >= 0.6 is 27.7 Å². The molecule has 1 aliphatic heterocycles. The van der Waals surface area contributed by atoms with E-state index in [0.29, 0.717) is 4.83 Å². The molecule has 1 aromatic carbocycles. The minimum Gasteiger partial charge on any atom is -0.355 e. The van der Waals surface area contributed by atoms with Gasteiger partial charge in [-0.3, -0.25) is 4.79 Å². The first-order valence-corrected chi connectivity index (χ1v) is 8.12. The number of alkyl halides is 1. The Morgan fingerprint density at radius 2 is 2.33 bits per heavy atom. The predicted octanol–water partition coefficient (Wildman–Crippen LogP) is 3.38. The molecule has 18 heavy (non-hydrogen) atoms. The number of carbonyl (C=O) groups is 1. The quantitative estimate of drug-likeness (QED) is 0.663.